The second kappa shape index (κ2) is 10.8. The van der Waals surface area contributed by atoms with E-state index in [1.54, 1.807) is 72.8 Å². The lowest BCUT2D eigenvalue weighted by molar-refractivity contribution is 0.298. The summed E-state index contributed by atoms with van der Waals surface area (Å²) < 4.78 is 29.6. The van der Waals surface area contributed by atoms with Gasteiger partial charge in [0.05, 0.1) is 5.34 Å². The van der Waals surface area contributed by atoms with E-state index in [2.05, 4.69) is 0 Å². The van der Waals surface area contributed by atoms with Gasteiger partial charge in [0.25, 0.3) is 0 Å². The predicted octanol–water partition coefficient (Wildman–Crippen LogP) is 6.75. The van der Waals surface area contributed by atoms with Crippen LogP contribution in [0.25, 0.3) is 0 Å². The number of alkyl halides is 2. The highest BCUT2D eigenvalue weighted by atomic mass is 35.5. The Hall–Kier alpha value is -2.13. The fraction of sp³-hybridized carbons (Fsp3) is 0.0526. The van der Waals surface area contributed by atoms with Crippen LogP contribution in [0.15, 0.2) is 91.0 Å². The molecule has 4 nitrogen and oxygen atoms in total. The number of phosphoric acid groups is 1. The maximum atomic E-state index is 13.1. The van der Waals surface area contributed by atoms with Crippen molar-refractivity contribution in [2.24, 2.45) is 0 Å². The van der Waals surface area contributed by atoms with Crippen molar-refractivity contribution in [2.45, 2.75) is 0 Å². The van der Waals surface area contributed by atoms with Crippen LogP contribution in [0.4, 0.5) is 0 Å². The molecule has 0 aliphatic rings. The number of hydrogen-bond acceptors (Lipinski definition) is 4. The van der Waals surface area contributed by atoms with Crippen LogP contribution in [0.3, 0.4) is 0 Å². The van der Waals surface area contributed by atoms with Crippen LogP contribution < -0.4 is 13.6 Å². The zero-order chi connectivity index (χ0) is 18.7. The van der Waals surface area contributed by atoms with Crippen LogP contribution in [-0.2, 0) is 4.57 Å². The Labute approximate surface area is 162 Å². The molecule has 0 heterocycles. The molecule has 0 aliphatic carbocycles. The Morgan fingerprint density at radius 2 is 0.808 bits per heavy atom. The molecule has 0 N–H and O–H groups in total. The van der Waals surface area contributed by atoms with Gasteiger partial charge in [0.2, 0.25) is 0 Å². The first-order valence-corrected chi connectivity index (χ1v) is 10.1. The highest BCUT2D eigenvalue weighted by Gasteiger charge is 2.33. The van der Waals surface area contributed by atoms with E-state index in [0.29, 0.717) is 17.2 Å². The van der Waals surface area contributed by atoms with E-state index >= 15 is 0 Å². The summed E-state index contributed by atoms with van der Waals surface area (Å²) >= 11 is 9.53. The molecule has 3 aromatic carbocycles. The van der Waals surface area contributed by atoms with Crippen molar-refractivity contribution in [1.29, 1.82) is 0 Å². The molecule has 0 atom stereocenters. The molecule has 3 aromatic rings. The van der Waals surface area contributed by atoms with Gasteiger partial charge in [-0.2, -0.15) is 4.57 Å². The lowest BCUT2D eigenvalue weighted by Gasteiger charge is -2.19. The molecular weight excluding hydrogens is 394 g/mol. The normalized spacial score (nSPS) is 10.2. The average molecular weight is 411 g/mol. The van der Waals surface area contributed by atoms with E-state index < -0.39 is 7.82 Å². The third-order valence-corrected chi connectivity index (χ3v) is 4.18. The van der Waals surface area contributed by atoms with Crippen molar-refractivity contribution in [3.05, 3.63) is 91.0 Å². The molecular formula is C19H17Cl2O4P. The van der Waals surface area contributed by atoms with Crippen molar-refractivity contribution in [1.82, 2.24) is 0 Å². The number of halogens is 2. The number of hydrogen-bond donors (Lipinski definition) is 0. The van der Waals surface area contributed by atoms with Crippen LogP contribution in [0, 0.1) is 0 Å². The molecule has 0 amide bonds. The summed E-state index contributed by atoms with van der Waals surface area (Å²) in [7, 11) is -3.89. The Balaban J connectivity index is 0.000000758. The van der Waals surface area contributed by atoms with Crippen molar-refractivity contribution in [3.8, 4) is 17.2 Å². The number of phosphoric ester groups is 1. The van der Waals surface area contributed by atoms with E-state index in [9.17, 15) is 4.57 Å². The summed E-state index contributed by atoms with van der Waals surface area (Å²) in [5.41, 5.74) is 0. The predicted molar refractivity (Wildman–Crippen MR) is 105 cm³/mol. The molecule has 136 valence electrons. The minimum Gasteiger partial charge on any atom is -0.386 e. The minimum absolute atomic E-state index is 0.194. The van der Waals surface area contributed by atoms with E-state index in [4.69, 9.17) is 36.8 Å². The van der Waals surface area contributed by atoms with Gasteiger partial charge in [-0.1, -0.05) is 54.6 Å². The second-order valence-electron chi connectivity index (χ2n) is 4.76. The molecule has 0 bridgehead atoms. The summed E-state index contributed by atoms with van der Waals surface area (Å²) in [6.07, 6.45) is 0. The standard InChI is InChI=1S/C18H15O4P.CH2Cl2/c19-23(20-16-10-4-1-5-11-16,21-17-12-6-2-7-13-17)22-18-14-8-3-9-15-18;2-1-3/h1-15H;1H2. The Bertz CT molecular complexity index is 693. The van der Waals surface area contributed by atoms with Gasteiger partial charge in [-0.15, -0.1) is 23.2 Å². The van der Waals surface area contributed by atoms with Gasteiger partial charge in [-0.3, -0.25) is 0 Å². The Morgan fingerprint density at radius 3 is 1.04 bits per heavy atom. The van der Waals surface area contributed by atoms with Gasteiger partial charge < -0.3 is 13.6 Å². The first kappa shape index (κ1) is 20.2. The molecule has 3 rings (SSSR count). The van der Waals surface area contributed by atoms with E-state index in [0.717, 1.165) is 0 Å². The topological polar surface area (TPSA) is 44.8 Å². The molecule has 0 spiro atoms. The zero-order valence-electron chi connectivity index (χ0n) is 13.7. The summed E-state index contributed by atoms with van der Waals surface area (Å²) in [5, 5.41) is 0.194. The van der Waals surface area contributed by atoms with Gasteiger partial charge in [0, 0.05) is 0 Å². The molecule has 0 unspecified atom stereocenters. The Kier molecular flexibility index (Phi) is 8.36. The van der Waals surface area contributed by atoms with Crippen LogP contribution in [0.5, 0.6) is 17.2 Å². The molecule has 0 saturated heterocycles. The summed E-state index contributed by atoms with van der Waals surface area (Å²) in [6, 6.07) is 26.4. The summed E-state index contributed by atoms with van der Waals surface area (Å²) in [5.74, 6) is 1.22. The van der Waals surface area contributed by atoms with Gasteiger partial charge >= 0.3 is 7.82 Å². The van der Waals surface area contributed by atoms with Crippen molar-refractivity contribution in [2.75, 3.05) is 5.34 Å². The molecule has 0 saturated carbocycles. The maximum Gasteiger partial charge on any atom is 0.647 e. The van der Waals surface area contributed by atoms with Gasteiger partial charge in [0.1, 0.15) is 17.2 Å². The number of benzene rings is 3. The molecule has 26 heavy (non-hydrogen) atoms. The average Bonchev–Trinajstić information content (AvgIpc) is 2.64. The first-order valence-electron chi connectivity index (χ1n) is 7.61. The smallest absolute Gasteiger partial charge is 0.386 e. The van der Waals surface area contributed by atoms with E-state index in [1.807, 2.05) is 18.2 Å². The van der Waals surface area contributed by atoms with Crippen molar-refractivity contribution in [3.63, 3.8) is 0 Å². The Morgan fingerprint density at radius 1 is 0.577 bits per heavy atom. The van der Waals surface area contributed by atoms with Crippen LogP contribution in [-0.4, -0.2) is 5.34 Å². The van der Waals surface area contributed by atoms with Crippen molar-refractivity contribution < 1.29 is 18.1 Å². The van der Waals surface area contributed by atoms with Gasteiger partial charge in [-0.25, -0.2) is 0 Å². The molecule has 0 aromatic heterocycles. The quantitative estimate of drug-likeness (QED) is 0.332. The summed E-state index contributed by atoms with van der Waals surface area (Å²) in [6.45, 7) is 0. The second-order valence-corrected chi connectivity index (χ2v) is 7.01. The monoisotopic (exact) mass is 410 g/mol. The van der Waals surface area contributed by atoms with Gasteiger partial charge in [0.15, 0.2) is 0 Å². The highest BCUT2D eigenvalue weighted by Crippen LogP contribution is 2.49. The maximum absolute atomic E-state index is 13.1. The molecule has 0 radical (unpaired) electrons. The van der Waals surface area contributed by atoms with Crippen LogP contribution in [0.2, 0.25) is 0 Å². The highest BCUT2D eigenvalue weighted by molar-refractivity contribution is 7.49. The minimum atomic E-state index is -3.89. The van der Waals surface area contributed by atoms with Crippen LogP contribution >= 0.6 is 31.0 Å². The van der Waals surface area contributed by atoms with E-state index in [-0.39, 0.29) is 5.34 Å². The fourth-order valence-corrected chi connectivity index (χ4v) is 3.14. The van der Waals surface area contributed by atoms with E-state index in [1.165, 1.54) is 0 Å². The van der Waals surface area contributed by atoms with Gasteiger partial charge in [-0.05, 0) is 36.4 Å². The lowest BCUT2D eigenvalue weighted by Crippen LogP contribution is -2.07. The third-order valence-electron chi connectivity index (χ3n) is 2.88. The molecule has 7 heteroatoms. The number of para-hydroxylation sites is 3. The molecule has 0 fully saturated rings. The number of rotatable bonds is 6. The SMILES string of the molecule is ClCCl.O=P(Oc1ccccc1)(Oc1ccccc1)Oc1ccccc1. The summed E-state index contributed by atoms with van der Waals surface area (Å²) in [4.78, 5) is 0. The fourth-order valence-electron chi connectivity index (χ4n) is 1.89. The lowest BCUT2D eigenvalue weighted by atomic mass is 10.3. The third kappa shape index (κ3) is 7.01. The first-order chi connectivity index (χ1) is 12.6. The zero-order valence-corrected chi connectivity index (χ0v) is 16.1. The van der Waals surface area contributed by atoms with Crippen molar-refractivity contribution >= 4 is 31.0 Å². The molecule has 0 aliphatic heterocycles. The largest absolute Gasteiger partial charge is 0.647 e. The van der Waals surface area contributed by atoms with Crippen LogP contribution in [0.1, 0.15) is 0 Å².